The topological polar surface area (TPSA) is 244 Å². The molecule has 0 spiro atoms. The summed E-state index contributed by atoms with van der Waals surface area (Å²) in [4.78, 5) is 15.7. The van der Waals surface area contributed by atoms with Crippen LogP contribution in [0.3, 0.4) is 0 Å². The molecule has 8 rings (SSSR count). The van der Waals surface area contributed by atoms with Crippen molar-refractivity contribution in [2.24, 2.45) is 0 Å². The van der Waals surface area contributed by atoms with Gasteiger partial charge in [0.25, 0.3) is 0 Å². The smallest absolute Gasteiger partial charge is 0.204 e. The van der Waals surface area contributed by atoms with E-state index < -0.39 is 54.0 Å². The lowest BCUT2D eigenvalue weighted by molar-refractivity contribution is 0.209. The zero-order valence-corrected chi connectivity index (χ0v) is 44.6. The number of aromatic nitrogens is 10. The van der Waals surface area contributed by atoms with E-state index in [9.17, 15) is 16.8 Å². The average molecular weight is 1160 g/mol. The number of hydrogen-bond acceptors (Lipinski definition) is 18. The number of rotatable bonds is 18. The lowest BCUT2D eigenvalue weighted by atomic mass is 10.1. The second-order valence-electron chi connectivity index (χ2n) is 16.3. The molecule has 0 saturated heterocycles. The lowest BCUT2D eigenvalue weighted by Gasteiger charge is -2.19. The van der Waals surface area contributed by atoms with Gasteiger partial charge in [0.2, 0.25) is 11.6 Å². The first kappa shape index (κ1) is 53.2. The fourth-order valence-corrected chi connectivity index (χ4v) is 11.1. The monoisotopic (exact) mass is 1160 g/mol. The van der Waals surface area contributed by atoms with E-state index in [2.05, 4.69) is 72.2 Å². The van der Waals surface area contributed by atoms with E-state index in [0.29, 0.717) is 66.4 Å². The predicted octanol–water partition coefficient (Wildman–Crippen LogP) is 8.41. The highest BCUT2D eigenvalue weighted by Gasteiger charge is 2.39. The Morgan fingerprint density at radius 2 is 0.861 bits per heavy atom. The molecule has 6 aromatic heterocycles. The Balaban J connectivity index is 0.000000211. The molecule has 6 heterocycles. The molecule has 8 aromatic rings. The van der Waals surface area contributed by atoms with Crippen LogP contribution in [0.5, 0.6) is 23.0 Å². The standard InChI is InChI=1S/2C23H23BrFN5O5S/c2*1-14-8-9-18(35-14)21-29-28-19(30(21)20-16(33-3)6-5-7-17(20)34-4)12-36(31,32)13-23(2,25)22-26-10-15(24)11-27-22/h2*5-11H,12-13H2,1-4H3/t2*23-/m10/s1. The molecule has 0 aliphatic heterocycles. The Hall–Kier alpha value is -6.64. The van der Waals surface area contributed by atoms with Crippen LogP contribution >= 0.6 is 31.9 Å². The molecule has 2 atom stereocenters. The summed E-state index contributed by atoms with van der Waals surface area (Å²) in [6.45, 7) is 5.79. The summed E-state index contributed by atoms with van der Waals surface area (Å²) in [5.74, 6) is 0.543. The van der Waals surface area contributed by atoms with Gasteiger partial charge in [0.15, 0.2) is 65.8 Å². The lowest BCUT2D eigenvalue weighted by Crippen LogP contribution is -2.30. The third-order valence-corrected chi connectivity index (χ3v) is 14.7. The Morgan fingerprint density at radius 3 is 1.14 bits per heavy atom. The van der Waals surface area contributed by atoms with Crippen molar-refractivity contribution in [2.75, 3.05) is 39.9 Å². The molecule has 0 aliphatic rings. The number of hydrogen-bond donors (Lipinski definition) is 0. The van der Waals surface area contributed by atoms with Gasteiger partial charge in [-0.1, -0.05) is 12.1 Å². The molecule has 0 bridgehead atoms. The van der Waals surface area contributed by atoms with Crippen LogP contribution in [-0.4, -0.2) is 106 Å². The van der Waals surface area contributed by atoms with E-state index >= 15 is 8.78 Å². The van der Waals surface area contributed by atoms with E-state index in [1.165, 1.54) is 62.4 Å². The molecule has 0 radical (unpaired) electrons. The number of aryl methyl sites for hydroxylation is 2. The van der Waals surface area contributed by atoms with E-state index in [1.54, 1.807) is 74.5 Å². The summed E-state index contributed by atoms with van der Waals surface area (Å²) in [6.07, 6.45) is 5.42. The van der Waals surface area contributed by atoms with Crippen LogP contribution in [0.1, 0.15) is 48.7 Å². The molecule has 0 fully saturated rings. The van der Waals surface area contributed by atoms with Crippen LogP contribution in [0.4, 0.5) is 8.78 Å². The van der Waals surface area contributed by atoms with E-state index in [1.807, 2.05) is 0 Å². The number of para-hydroxylation sites is 2. The molecule has 0 saturated carbocycles. The van der Waals surface area contributed by atoms with Crippen LogP contribution < -0.4 is 18.9 Å². The SMILES string of the molecule is COc1cccc(OC)c1-n1c(CS(=O)(=O)C[C@@](C)(F)c2ncc(Br)cn2)nnc1-c1ccc(C)o1.COc1cccc(OC)c1-n1c(CS(=O)(=O)C[C@](C)(F)c2ncc(Br)cn2)nnc1-c1ccc(C)o1. The van der Waals surface area contributed by atoms with Crippen LogP contribution in [0.2, 0.25) is 0 Å². The molecule has 72 heavy (non-hydrogen) atoms. The number of halogens is 4. The second-order valence-corrected chi connectivity index (χ2v) is 22.3. The number of alkyl halides is 2. The maximum absolute atomic E-state index is 15.5. The largest absolute Gasteiger partial charge is 0.494 e. The van der Waals surface area contributed by atoms with Gasteiger partial charge in [0.05, 0.1) is 48.9 Å². The van der Waals surface area contributed by atoms with Crippen LogP contribution in [-0.2, 0) is 42.5 Å². The highest BCUT2D eigenvalue weighted by atomic mass is 79.9. The summed E-state index contributed by atoms with van der Waals surface area (Å²) in [6, 6.07) is 17.1. The molecular weight excluding hydrogens is 1110 g/mol. The van der Waals surface area contributed by atoms with Gasteiger partial charge in [-0.3, -0.25) is 9.13 Å². The first-order valence-corrected chi connectivity index (χ1v) is 26.5. The van der Waals surface area contributed by atoms with Crippen molar-refractivity contribution < 1.29 is 53.4 Å². The molecule has 380 valence electrons. The molecule has 0 N–H and O–H groups in total. The van der Waals surface area contributed by atoms with Crippen molar-refractivity contribution in [3.63, 3.8) is 0 Å². The van der Waals surface area contributed by atoms with E-state index in [0.717, 1.165) is 13.8 Å². The Kier molecular flexibility index (Phi) is 16.0. The van der Waals surface area contributed by atoms with Crippen LogP contribution in [0.25, 0.3) is 34.5 Å². The van der Waals surface area contributed by atoms with Crippen molar-refractivity contribution in [3.8, 4) is 57.5 Å². The van der Waals surface area contributed by atoms with Gasteiger partial charge < -0.3 is 27.8 Å². The predicted molar refractivity (Wildman–Crippen MR) is 265 cm³/mol. The summed E-state index contributed by atoms with van der Waals surface area (Å²) in [5, 5.41) is 16.7. The summed E-state index contributed by atoms with van der Waals surface area (Å²) < 4.78 is 121. The van der Waals surface area contributed by atoms with Gasteiger partial charge in [0, 0.05) is 24.8 Å². The quantitative estimate of drug-likeness (QED) is 0.0782. The molecular formula is C46H46Br2F2N10O10S2. The van der Waals surface area contributed by atoms with Gasteiger partial charge in [-0.05, 0) is 108 Å². The van der Waals surface area contributed by atoms with E-state index in [-0.39, 0.29) is 34.9 Å². The number of sulfone groups is 2. The molecule has 2 aromatic carbocycles. The zero-order valence-electron chi connectivity index (χ0n) is 39.8. The minimum absolute atomic E-state index is 0.0226. The van der Waals surface area contributed by atoms with Crippen LogP contribution in [0.15, 0.2) is 103 Å². The summed E-state index contributed by atoms with van der Waals surface area (Å²) >= 11 is 6.37. The molecule has 26 heteroatoms. The number of furan rings is 2. The van der Waals surface area contributed by atoms with Crippen molar-refractivity contribution in [3.05, 3.63) is 129 Å². The Labute approximate surface area is 429 Å². The zero-order chi connectivity index (χ0) is 52.2. The van der Waals surface area contributed by atoms with Gasteiger partial charge in [-0.25, -0.2) is 45.6 Å². The van der Waals surface area contributed by atoms with Gasteiger partial charge in [-0.15, -0.1) is 20.4 Å². The fraction of sp³-hybridized carbons (Fsp3) is 0.304. The van der Waals surface area contributed by atoms with Crippen molar-refractivity contribution >= 4 is 51.5 Å². The molecule has 0 unspecified atom stereocenters. The number of methoxy groups -OCH3 is 4. The molecule has 0 amide bonds. The minimum Gasteiger partial charge on any atom is -0.494 e. The van der Waals surface area contributed by atoms with E-state index in [4.69, 9.17) is 27.8 Å². The maximum atomic E-state index is 15.5. The van der Waals surface area contributed by atoms with Crippen molar-refractivity contribution in [2.45, 2.75) is 50.5 Å². The molecule has 0 aliphatic carbocycles. The van der Waals surface area contributed by atoms with Gasteiger partial charge >= 0.3 is 0 Å². The third-order valence-electron chi connectivity index (χ3n) is 10.5. The first-order valence-electron chi connectivity index (χ1n) is 21.3. The summed E-state index contributed by atoms with van der Waals surface area (Å²) in [5.41, 5.74) is -3.93. The minimum atomic E-state index is -4.09. The third kappa shape index (κ3) is 12.0. The van der Waals surface area contributed by atoms with Gasteiger partial charge in [-0.2, -0.15) is 0 Å². The average Bonchev–Trinajstić information content (AvgIpc) is 4.15. The van der Waals surface area contributed by atoms with Crippen molar-refractivity contribution in [1.29, 1.82) is 0 Å². The number of nitrogens with zero attached hydrogens (tertiary/aromatic N) is 10. The Bertz CT molecular complexity index is 3150. The van der Waals surface area contributed by atoms with Crippen LogP contribution in [0, 0.1) is 13.8 Å². The number of ether oxygens (including phenoxy) is 4. The normalized spacial score (nSPS) is 13.4. The number of benzene rings is 2. The fourth-order valence-electron chi connectivity index (χ4n) is 7.44. The first-order chi connectivity index (χ1) is 34.1. The Morgan fingerprint density at radius 1 is 0.542 bits per heavy atom. The second kappa shape index (κ2) is 21.6. The highest BCUT2D eigenvalue weighted by Crippen LogP contribution is 2.39. The highest BCUT2D eigenvalue weighted by molar-refractivity contribution is 9.10. The van der Waals surface area contributed by atoms with Crippen molar-refractivity contribution in [1.82, 2.24) is 49.5 Å². The maximum Gasteiger partial charge on any atom is 0.204 e. The van der Waals surface area contributed by atoms with Gasteiger partial charge in [0.1, 0.15) is 57.4 Å². The molecule has 20 nitrogen and oxygen atoms in total. The summed E-state index contributed by atoms with van der Waals surface area (Å²) in [7, 11) is -2.27.